The SMILES string of the molecule is CCn1c(-c2cccnc2[C@H](C)OC)c2c3cc(ccc31)N1CCO[C@@](C)(CC(NC(=O)C(C(C)C)N(C)C(=O)C3(F)CCN(C(=O)C#CC(C)(C)N(C)C)CC3)C(=O)N3CCC[C@H](N3)C(=O)OCC(C)(C)C2)C1. The molecule has 3 saturated heterocycles. The number of methoxy groups -OCH3 is 1. The van der Waals surface area contributed by atoms with Crippen molar-refractivity contribution in [3.63, 3.8) is 0 Å². The van der Waals surface area contributed by atoms with Crippen LogP contribution in [0.4, 0.5) is 10.1 Å². The maximum Gasteiger partial charge on any atom is 0.324 e. The number of fused-ring (bicyclic) bond motifs is 6. The zero-order valence-corrected chi connectivity index (χ0v) is 46.0. The Kier molecular flexibility index (Phi) is 16.9. The number of ether oxygens (including phenoxy) is 3. The van der Waals surface area contributed by atoms with Crippen molar-refractivity contribution in [2.24, 2.45) is 11.3 Å². The Morgan fingerprint density at radius 1 is 1.05 bits per heavy atom. The molecular formula is C56H80FN9O8. The van der Waals surface area contributed by atoms with Crippen molar-refractivity contribution >= 4 is 46.2 Å². The summed E-state index contributed by atoms with van der Waals surface area (Å²) in [6, 6.07) is 7.32. The fourth-order valence-corrected chi connectivity index (χ4v) is 10.9. The van der Waals surface area contributed by atoms with Gasteiger partial charge in [0.25, 0.3) is 17.7 Å². The summed E-state index contributed by atoms with van der Waals surface area (Å²) in [5.41, 5.74) is 4.65. The topological polar surface area (TPSA) is 171 Å². The van der Waals surface area contributed by atoms with Crippen molar-refractivity contribution in [2.45, 2.75) is 148 Å². The smallest absolute Gasteiger partial charge is 0.324 e. The van der Waals surface area contributed by atoms with E-state index < -0.39 is 75.9 Å². The largest absolute Gasteiger partial charge is 0.464 e. The number of esters is 1. The van der Waals surface area contributed by atoms with E-state index in [-0.39, 0.29) is 51.6 Å². The van der Waals surface area contributed by atoms with Crippen LogP contribution in [0.5, 0.6) is 0 Å². The summed E-state index contributed by atoms with van der Waals surface area (Å²) >= 11 is 0. The fourth-order valence-electron chi connectivity index (χ4n) is 10.9. The van der Waals surface area contributed by atoms with Crippen LogP contribution in [-0.2, 0) is 51.1 Å². The molecule has 2 aromatic heterocycles. The third-order valence-electron chi connectivity index (χ3n) is 15.7. The van der Waals surface area contributed by atoms with E-state index in [9.17, 15) is 24.0 Å². The summed E-state index contributed by atoms with van der Waals surface area (Å²) < 4.78 is 37.7. The van der Waals surface area contributed by atoms with Crippen molar-refractivity contribution in [1.29, 1.82) is 0 Å². The van der Waals surface area contributed by atoms with Gasteiger partial charge in [-0.3, -0.25) is 38.9 Å². The summed E-state index contributed by atoms with van der Waals surface area (Å²) in [6.45, 7) is 19.8. The maximum absolute atomic E-state index is 16.8. The normalized spacial score (nSPS) is 23.4. The molecule has 2 unspecified atom stereocenters. The third-order valence-corrected chi connectivity index (χ3v) is 15.7. The van der Waals surface area contributed by atoms with Crippen LogP contribution < -0.4 is 15.6 Å². The number of carbonyl (C=O) groups excluding carboxylic acids is 5. The molecule has 4 aliphatic heterocycles. The van der Waals surface area contributed by atoms with Crippen LogP contribution in [0, 0.1) is 23.2 Å². The summed E-state index contributed by atoms with van der Waals surface area (Å²) in [5, 5.41) is 5.45. The van der Waals surface area contributed by atoms with E-state index in [2.05, 4.69) is 77.1 Å². The third kappa shape index (κ3) is 11.9. The molecule has 1 aromatic carbocycles. The molecule has 404 valence electrons. The highest BCUT2D eigenvalue weighted by Gasteiger charge is 2.48. The Bertz CT molecular complexity index is 2650. The highest BCUT2D eigenvalue weighted by Crippen LogP contribution is 2.42. The summed E-state index contributed by atoms with van der Waals surface area (Å²) in [5.74, 6) is 2.25. The first kappa shape index (κ1) is 56.1. The number of anilines is 1. The van der Waals surface area contributed by atoms with Crippen LogP contribution in [0.1, 0.15) is 112 Å². The van der Waals surface area contributed by atoms with Gasteiger partial charge in [0.2, 0.25) is 5.91 Å². The van der Waals surface area contributed by atoms with Gasteiger partial charge in [-0.2, -0.15) is 0 Å². The van der Waals surface area contributed by atoms with Crippen molar-refractivity contribution < 1.29 is 42.6 Å². The van der Waals surface area contributed by atoms with Gasteiger partial charge in [-0.05, 0) is 116 Å². The van der Waals surface area contributed by atoms with Gasteiger partial charge in [0.15, 0.2) is 5.67 Å². The van der Waals surface area contributed by atoms with Gasteiger partial charge in [0.05, 0.1) is 41.8 Å². The van der Waals surface area contributed by atoms with E-state index in [1.165, 1.54) is 17.0 Å². The predicted molar refractivity (Wildman–Crippen MR) is 282 cm³/mol. The van der Waals surface area contributed by atoms with Crippen LogP contribution in [0.15, 0.2) is 36.5 Å². The van der Waals surface area contributed by atoms with Crippen LogP contribution in [0.3, 0.4) is 0 Å². The number of likely N-dealkylation sites (N-methyl/N-ethyl adjacent to an activating group) is 1. The van der Waals surface area contributed by atoms with E-state index in [1.54, 1.807) is 27.2 Å². The van der Waals surface area contributed by atoms with Crippen LogP contribution in [-0.4, -0.2) is 168 Å². The number of carbonyl (C=O) groups is 5. The Morgan fingerprint density at radius 3 is 2.43 bits per heavy atom. The molecule has 74 heavy (non-hydrogen) atoms. The summed E-state index contributed by atoms with van der Waals surface area (Å²) in [4.78, 5) is 82.6. The van der Waals surface area contributed by atoms with Gasteiger partial charge in [-0.15, -0.1) is 0 Å². The molecule has 0 spiro atoms. The Morgan fingerprint density at radius 2 is 1.77 bits per heavy atom. The van der Waals surface area contributed by atoms with E-state index >= 15 is 4.39 Å². The highest BCUT2D eigenvalue weighted by atomic mass is 19.1. The number of piperidine rings is 1. The lowest BCUT2D eigenvalue weighted by Crippen LogP contribution is -2.64. The highest BCUT2D eigenvalue weighted by molar-refractivity contribution is 5.97. The Hall–Kier alpha value is -5.61. The zero-order chi connectivity index (χ0) is 54.1. The minimum Gasteiger partial charge on any atom is -0.464 e. The standard InChI is InChI=1S/C56H80FN9O8/c1-14-65-44-20-19-38-31-40(44)41(48(65)39-17-15-25-58-46(39)37(4)72-13)32-53(5,6)35-73-51(70)42-18-16-26-66(60-42)50(69)43(33-55(9)34-64(38)29-30-74-55)59-49(68)47(36(2)3)62(12)52(71)56(57)23-27-63(28-24-56)45(67)21-22-54(7,8)61(10)11/h15,17,19-20,25,31,36-37,42-43,47,60H,14,16,18,23-24,26-30,32-35H2,1-13H3,(H,59,68)/t37-,42-,43?,47?,55-/m0/s1. The molecule has 3 fully saturated rings. The molecule has 0 radical (unpaired) electrons. The number of halogens is 1. The first-order valence-corrected chi connectivity index (χ1v) is 26.3. The van der Waals surface area contributed by atoms with Crippen molar-refractivity contribution in [3.05, 3.63) is 47.8 Å². The second-order valence-electron chi connectivity index (χ2n) is 22.9. The summed E-state index contributed by atoms with van der Waals surface area (Å²) in [7, 11) is 6.83. The quantitative estimate of drug-likeness (QED) is 0.189. The lowest BCUT2D eigenvalue weighted by Gasteiger charge is -2.44. The lowest BCUT2D eigenvalue weighted by molar-refractivity contribution is -0.157. The average molecular weight is 1030 g/mol. The van der Waals surface area contributed by atoms with E-state index in [1.807, 2.05) is 52.8 Å². The van der Waals surface area contributed by atoms with Crippen molar-refractivity contribution in [1.82, 2.24) is 40.0 Å². The van der Waals surface area contributed by atoms with Crippen LogP contribution in [0.25, 0.3) is 22.2 Å². The second-order valence-corrected chi connectivity index (χ2v) is 22.9. The molecule has 18 heteroatoms. The number of hydrogen-bond donors (Lipinski definition) is 2. The number of rotatable bonds is 10. The van der Waals surface area contributed by atoms with Gasteiger partial charge in [0, 0.05) is 106 Å². The first-order valence-electron chi connectivity index (χ1n) is 26.3. The molecule has 5 atom stereocenters. The number of aryl methyl sites for hydroxylation is 1. The fraction of sp³-hybridized carbons (Fsp3) is 0.643. The molecule has 6 bridgehead atoms. The number of amides is 4. The average Bonchev–Trinajstić information content (AvgIpc) is 3.67. The monoisotopic (exact) mass is 1030 g/mol. The second kappa shape index (κ2) is 22.3. The number of pyridine rings is 1. The number of nitrogens with one attached hydrogen (secondary N) is 2. The number of cyclic esters (lactones) is 1. The first-order chi connectivity index (χ1) is 34.8. The molecule has 4 aliphatic rings. The number of aromatic nitrogens is 2. The van der Waals surface area contributed by atoms with Gasteiger partial charge in [-0.1, -0.05) is 33.6 Å². The van der Waals surface area contributed by atoms with Crippen molar-refractivity contribution in [3.8, 4) is 23.1 Å². The van der Waals surface area contributed by atoms with Gasteiger partial charge in [0.1, 0.15) is 18.1 Å². The number of alkyl halides is 1. The minimum atomic E-state index is -2.34. The molecule has 4 amide bonds. The number of hydrazine groups is 1. The molecule has 3 aromatic rings. The molecule has 6 heterocycles. The minimum absolute atomic E-state index is 0.0200. The maximum atomic E-state index is 16.8. The van der Waals surface area contributed by atoms with Crippen LogP contribution in [0.2, 0.25) is 0 Å². The van der Waals surface area contributed by atoms with E-state index in [0.29, 0.717) is 45.5 Å². The van der Waals surface area contributed by atoms with Crippen molar-refractivity contribution in [2.75, 3.05) is 79.1 Å². The zero-order valence-electron chi connectivity index (χ0n) is 46.0. The molecule has 17 nitrogen and oxygen atoms in total. The van der Waals surface area contributed by atoms with E-state index in [4.69, 9.17) is 19.2 Å². The number of nitrogens with zero attached hydrogens (tertiary/aromatic N) is 7. The molecular weight excluding hydrogens is 946 g/mol. The number of benzene rings is 1. The number of morpholine rings is 1. The van der Waals surface area contributed by atoms with E-state index in [0.717, 1.165) is 44.0 Å². The van der Waals surface area contributed by atoms with Crippen LogP contribution >= 0.6 is 0 Å². The summed E-state index contributed by atoms with van der Waals surface area (Å²) in [6.07, 6.45) is 2.51. The Labute approximate surface area is 437 Å². The molecule has 0 aliphatic carbocycles. The number of hydrogen-bond acceptors (Lipinski definition) is 12. The predicted octanol–water partition coefficient (Wildman–Crippen LogP) is 5.68. The molecule has 2 N–H and O–H groups in total. The molecule has 7 rings (SSSR count). The molecule has 0 saturated carbocycles. The lowest BCUT2D eigenvalue weighted by atomic mass is 9.84. The number of likely N-dealkylation sites (tertiary alicyclic amines) is 1. The Balaban J connectivity index is 1.21. The van der Waals surface area contributed by atoms with Gasteiger partial charge in [-0.25, -0.2) is 9.82 Å². The van der Waals surface area contributed by atoms with Gasteiger partial charge < -0.3 is 38.8 Å². The van der Waals surface area contributed by atoms with Gasteiger partial charge >= 0.3 is 5.97 Å².